The number of para-hydroxylation sites is 1. The molecule has 112 heavy (non-hydrogen) atoms. The molecule has 8 aromatic rings. The van der Waals surface area contributed by atoms with Crippen LogP contribution in [0.15, 0.2) is 140 Å². The third kappa shape index (κ3) is 17.4. The SMILES string of the molecule is CCC(C(=O)[O-])C1CCC(C)C(C(C)C(O)C(C)C(=O)C(CC)C2OC3(C=CC(O)C4(CCC(C)(C5CCC(O)(CC)C(C)O5)O4)O3)C(C)CC2C)O1.Cc1cc(C=Cc2ccc3cc(N(C)C)ccc3[n+]2C)c(C)n1-c1ccccc1.O=C(O)c1cc2ccccc2c(Cc2c(O)c(C(=O)O)cc3ccccc23)c1[O-].[Na+]. The summed E-state index contributed by atoms with van der Waals surface area (Å²) in [6, 6.07) is 40.3. The van der Waals surface area contributed by atoms with E-state index in [1.165, 1.54) is 57.1 Å². The summed E-state index contributed by atoms with van der Waals surface area (Å²) >= 11 is 0. The van der Waals surface area contributed by atoms with Crippen LogP contribution < -0.4 is 49.2 Å². The topological polar surface area (TPSA) is 294 Å². The molecule has 18 atom stereocenters. The third-order valence-electron chi connectivity index (χ3n) is 25.1. The molecule has 2 aromatic heterocycles. The zero-order chi connectivity index (χ0) is 80.5. The van der Waals surface area contributed by atoms with Gasteiger partial charge in [0.2, 0.25) is 17.0 Å². The number of phenols is 1. The second-order valence-electron chi connectivity index (χ2n) is 32.4. The fourth-order valence-electron chi connectivity index (χ4n) is 18.1. The number of aliphatic carboxylic acids is 1. The quantitative estimate of drug-likeness (QED) is 0.0235. The van der Waals surface area contributed by atoms with Crippen molar-refractivity contribution in [1.29, 1.82) is 0 Å². The zero-order valence-electron chi connectivity index (χ0n) is 67.8. The van der Waals surface area contributed by atoms with Gasteiger partial charge < -0.3 is 78.8 Å². The number of aliphatic hydroxyl groups is 3. The Balaban J connectivity index is 0.000000191. The molecule has 6 N–H and O–H groups in total. The number of aromatic carboxylic acids is 2. The first-order chi connectivity index (χ1) is 52.6. The molecule has 0 radical (unpaired) electrons. The molecule has 4 saturated heterocycles. The zero-order valence-corrected chi connectivity index (χ0v) is 69.8. The molecule has 2 spiro atoms. The summed E-state index contributed by atoms with van der Waals surface area (Å²) in [5.41, 5.74) is 6.76. The van der Waals surface area contributed by atoms with Gasteiger partial charge in [0.25, 0.3) is 0 Å². The minimum Gasteiger partial charge on any atom is -0.872 e. The summed E-state index contributed by atoms with van der Waals surface area (Å²) in [6.07, 6.45) is 9.54. The fraction of sp³-hybridized carbons (Fsp3) is 0.484. The van der Waals surface area contributed by atoms with Crippen molar-refractivity contribution in [2.75, 3.05) is 19.0 Å². The first-order valence-corrected chi connectivity index (χ1v) is 39.5. The molecule has 6 aromatic carbocycles. The molecule has 20 nitrogen and oxygen atoms in total. The van der Waals surface area contributed by atoms with Crippen LogP contribution in [0.1, 0.15) is 188 Å². The minimum atomic E-state index is -1.37. The predicted octanol–water partition coefficient (Wildman–Crippen LogP) is 10.9. The van der Waals surface area contributed by atoms with Crippen molar-refractivity contribution in [3.8, 4) is 17.2 Å². The number of aliphatic hydroxyl groups excluding tert-OH is 2. The van der Waals surface area contributed by atoms with Crippen molar-refractivity contribution in [2.45, 2.75) is 219 Å². The van der Waals surface area contributed by atoms with Gasteiger partial charge in [0.15, 0.2) is 5.79 Å². The van der Waals surface area contributed by atoms with Gasteiger partial charge in [-0.25, -0.2) is 9.59 Å². The Bertz CT molecular complexity index is 4690. The number of ether oxygens (including phenoxy) is 5. The van der Waals surface area contributed by atoms with E-state index in [2.05, 4.69) is 149 Å². The van der Waals surface area contributed by atoms with Gasteiger partial charge in [0, 0.05) is 114 Å². The number of anilines is 1. The molecule has 594 valence electrons. The van der Waals surface area contributed by atoms with Crippen LogP contribution in [0.2, 0.25) is 0 Å². The number of fused-ring (bicyclic) bond motifs is 3. The number of carbonyl (C=O) groups is 4. The van der Waals surface area contributed by atoms with E-state index < -0.39 is 106 Å². The number of carboxylic acid groups (broad SMARTS) is 3. The number of nitrogens with zero attached hydrogens (tertiary/aromatic N) is 3. The number of ketones is 1. The summed E-state index contributed by atoms with van der Waals surface area (Å²) in [5.74, 6) is -9.95. The second-order valence-corrected chi connectivity index (χ2v) is 32.4. The Kier molecular flexibility index (Phi) is 27.4. The molecule has 0 saturated carbocycles. The van der Waals surface area contributed by atoms with Gasteiger partial charge in [0.05, 0.1) is 53.4 Å². The van der Waals surface area contributed by atoms with E-state index in [1.54, 1.807) is 67.6 Å². The van der Waals surface area contributed by atoms with Gasteiger partial charge in [-0.15, -0.1) is 0 Å². The number of aromatic nitrogens is 2. The molecular formula is C91H112N3NaO17. The Labute approximate surface area is 680 Å². The number of carboxylic acids is 3. The van der Waals surface area contributed by atoms with Gasteiger partial charge in [-0.1, -0.05) is 128 Å². The Morgan fingerprint density at radius 2 is 1.37 bits per heavy atom. The molecule has 5 aliphatic rings. The minimum absolute atomic E-state index is 0. The van der Waals surface area contributed by atoms with E-state index in [4.69, 9.17) is 23.7 Å². The fourth-order valence-corrected chi connectivity index (χ4v) is 18.1. The van der Waals surface area contributed by atoms with E-state index >= 15 is 0 Å². The van der Waals surface area contributed by atoms with Crippen molar-refractivity contribution in [1.82, 2.24) is 4.57 Å². The van der Waals surface area contributed by atoms with Crippen LogP contribution >= 0.6 is 0 Å². The number of hydrogen-bond donors (Lipinski definition) is 6. The normalized spacial score (nSPS) is 27.7. The van der Waals surface area contributed by atoms with E-state index in [0.29, 0.717) is 79.3 Å². The van der Waals surface area contributed by atoms with Gasteiger partial charge in [-0.2, -0.15) is 4.57 Å². The van der Waals surface area contributed by atoms with Gasteiger partial charge in [-0.3, -0.25) is 4.79 Å². The number of rotatable bonds is 20. The number of Topliss-reactive ketones (excluding diaryl/α,β-unsaturated/α-hetero) is 1. The van der Waals surface area contributed by atoms with Crippen LogP contribution in [0.5, 0.6) is 11.5 Å². The molecule has 5 aliphatic heterocycles. The summed E-state index contributed by atoms with van der Waals surface area (Å²) in [7, 11) is 6.28. The third-order valence-corrected chi connectivity index (χ3v) is 25.1. The second kappa shape index (κ2) is 35.5. The maximum absolute atomic E-state index is 14.4. The van der Waals surface area contributed by atoms with Crippen LogP contribution in [0.4, 0.5) is 5.69 Å². The maximum atomic E-state index is 14.4. The van der Waals surface area contributed by atoms with Crippen molar-refractivity contribution >= 4 is 74.0 Å². The van der Waals surface area contributed by atoms with E-state index in [0.717, 1.165) is 6.42 Å². The average molecular weight is 1540 g/mol. The van der Waals surface area contributed by atoms with E-state index in [9.17, 15) is 60.0 Å². The standard InChI is InChI=1S/C42H70O11.C26H28N3.C23H16O6.Na/c1-11-29(38(46)47)31-15-14-23(4)36(50-31)27(8)34(44)26(7)35(45)30(12-2)37-24(5)22-25(6)41(51-37)19-16-32(43)42(53-41)21-20-39(10,52-42)33-17-18-40(48,13-3)28(9)49-33;1-19-17-21(20(2)29(19)24-9-7-6-8-10-24)11-13-23-14-12-22-18-25(27(3)4)15-16-26(22)28(23)5;24-20-16(14-7-3-1-5-12(14)9-18(20)22(26)27)11-17-15-8-4-2-6-13(15)10-19(21(17)25)23(28)29;/h16,19,23-34,36-37,43-44,48H,11-15,17-18,20-22H2,1-10H3,(H,46,47);6-18H,1-5H3;1-10,24-25H,11H2,(H,26,27)(H,28,29);/q;+1;;+1/p-2. The smallest absolute Gasteiger partial charge is 0.872 e. The Morgan fingerprint density at radius 3 is 1.98 bits per heavy atom. The Hall–Kier alpha value is -7.83. The molecule has 0 amide bonds. The van der Waals surface area contributed by atoms with Gasteiger partial charge >= 0.3 is 41.5 Å². The summed E-state index contributed by atoms with van der Waals surface area (Å²) in [6.45, 7) is 23.8. The molecule has 4 fully saturated rings. The number of aromatic hydroxyl groups is 1. The monoisotopic (exact) mass is 1540 g/mol. The largest absolute Gasteiger partial charge is 1.00 e. The Morgan fingerprint density at radius 1 is 0.732 bits per heavy atom. The molecule has 7 heterocycles. The summed E-state index contributed by atoms with van der Waals surface area (Å²) < 4.78 is 38.0. The summed E-state index contributed by atoms with van der Waals surface area (Å²) in [4.78, 5) is 51.5. The van der Waals surface area contributed by atoms with Crippen LogP contribution in [0, 0.1) is 55.3 Å². The molecule has 13 rings (SSSR count). The van der Waals surface area contributed by atoms with Crippen molar-refractivity contribution in [2.24, 2.45) is 48.5 Å². The molecule has 21 heteroatoms. The maximum Gasteiger partial charge on any atom is 1.00 e. The van der Waals surface area contributed by atoms with Crippen molar-refractivity contribution in [3.05, 3.63) is 184 Å². The van der Waals surface area contributed by atoms with Crippen molar-refractivity contribution in [3.63, 3.8) is 0 Å². The number of benzene rings is 6. The van der Waals surface area contributed by atoms with E-state index in [1.807, 2.05) is 41.5 Å². The molecular weight excluding hydrogens is 1430 g/mol. The van der Waals surface area contributed by atoms with Crippen LogP contribution in [-0.4, -0.2) is 138 Å². The number of carbonyl (C=O) groups excluding carboxylic acids is 2. The van der Waals surface area contributed by atoms with Crippen LogP contribution in [0.25, 0.3) is 50.3 Å². The van der Waals surface area contributed by atoms with Gasteiger partial charge in [0.1, 0.15) is 30.2 Å². The molecule has 0 bridgehead atoms. The average Bonchev–Trinajstić information content (AvgIpc) is 1.42. The predicted molar refractivity (Wildman–Crippen MR) is 425 cm³/mol. The number of aryl methyl sites for hydroxylation is 2. The van der Waals surface area contributed by atoms with Gasteiger partial charge in [-0.05, 0) is 197 Å². The van der Waals surface area contributed by atoms with Crippen LogP contribution in [-0.2, 0) is 46.7 Å². The molecule has 0 aliphatic carbocycles. The summed E-state index contributed by atoms with van der Waals surface area (Å²) in [5, 5.41) is 92.0. The number of pyridine rings is 1. The first-order valence-electron chi connectivity index (χ1n) is 39.5. The van der Waals surface area contributed by atoms with Crippen LogP contribution in [0.3, 0.4) is 0 Å². The number of hydrogen-bond acceptors (Lipinski definition) is 16. The van der Waals surface area contributed by atoms with Crippen molar-refractivity contribution < 1.29 is 118 Å². The van der Waals surface area contributed by atoms with E-state index in [-0.39, 0.29) is 94.0 Å². The molecule has 18 unspecified atom stereocenters. The first kappa shape index (κ1) is 86.6.